The third-order valence-electron chi connectivity index (χ3n) is 8.11. The number of rotatable bonds is 15. The highest BCUT2D eigenvalue weighted by molar-refractivity contribution is 7.92. The molecule has 0 spiro atoms. The van der Waals surface area contributed by atoms with Crippen LogP contribution in [0.1, 0.15) is 63.0 Å². The number of carbonyl (C=O) groups is 2. The molecule has 3 aromatic rings. The van der Waals surface area contributed by atoms with Crippen molar-refractivity contribution in [1.29, 1.82) is 0 Å². The molecule has 2 amide bonds. The van der Waals surface area contributed by atoms with Gasteiger partial charge in [-0.15, -0.1) is 0 Å². The van der Waals surface area contributed by atoms with Crippen LogP contribution in [0.5, 0.6) is 5.75 Å². The number of anilines is 1. The maximum Gasteiger partial charge on any atom is 0.243 e. The Morgan fingerprint density at radius 2 is 1.62 bits per heavy atom. The number of carbonyl (C=O) groups excluding carboxylic acids is 2. The fraction of sp³-hybridized carbons (Fsp3) is 0.429. The zero-order valence-electron chi connectivity index (χ0n) is 26.2. The zero-order valence-corrected chi connectivity index (χ0v) is 27.0. The number of ether oxygens (including phenoxy) is 1. The molecule has 0 unspecified atom stereocenters. The van der Waals surface area contributed by atoms with Crippen molar-refractivity contribution < 1.29 is 27.1 Å². The lowest BCUT2D eigenvalue weighted by Crippen LogP contribution is -2.53. The molecule has 1 saturated carbocycles. The van der Waals surface area contributed by atoms with Crippen LogP contribution >= 0.6 is 0 Å². The minimum absolute atomic E-state index is 0.0276. The van der Waals surface area contributed by atoms with Crippen LogP contribution in [0.4, 0.5) is 10.1 Å². The maximum absolute atomic E-state index is 14.9. The molecule has 4 rings (SSSR count). The Morgan fingerprint density at radius 3 is 2.31 bits per heavy atom. The number of sulfonamides is 1. The Balaban J connectivity index is 1.60. The fourth-order valence-corrected chi connectivity index (χ4v) is 6.80. The summed E-state index contributed by atoms with van der Waals surface area (Å²) in [5.41, 5.74) is 1.58. The standard InChI is InChI=1S/C35H44FN3O5S/c1-3-44-33-22-13-12-21-31(33)39(45(2,42)43)24-14-23-34(40)38(26-28-17-10-11-20-30(28)36)32(25-27-15-6-4-7-16-27)35(41)37-29-18-8-5-9-19-29/h4,6-7,10-13,15-17,20-22,29,32H,3,5,8-9,14,18-19,23-26H2,1-2H3,(H,37,41)/t32-/m0/s1. The first-order chi connectivity index (χ1) is 21.7. The lowest BCUT2D eigenvalue weighted by atomic mass is 9.94. The number of nitrogens with one attached hydrogen (secondary N) is 1. The van der Waals surface area contributed by atoms with Gasteiger partial charge in [-0.25, -0.2) is 12.8 Å². The molecule has 1 aliphatic rings. The SMILES string of the molecule is CCOc1ccccc1N(CCCC(=O)N(Cc1ccccc1F)[C@@H](Cc1ccccc1)C(=O)NC1CCCCC1)S(C)(=O)=O. The molecule has 0 radical (unpaired) electrons. The van der Waals surface area contributed by atoms with Crippen LogP contribution in [0.3, 0.4) is 0 Å². The number of halogens is 1. The number of amides is 2. The highest BCUT2D eigenvalue weighted by atomic mass is 32.2. The summed E-state index contributed by atoms with van der Waals surface area (Å²) in [6.07, 6.45) is 6.50. The zero-order chi connectivity index (χ0) is 32.2. The van der Waals surface area contributed by atoms with E-state index in [2.05, 4.69) is 5.32 Å². The summed E-state index contributed by atoms with van der Waals surface area (Å²) < 4.78 is 47.5. The van der Waals surface area contributed by atoms with Gasteiger partial charge in [0.2, 0.25) is 21.8 Å². The summed E-state index contributed by atoms with van der Waals surface area (Å²) in [7, 11) is -3.70. The molecule has 0 saturated heterocycles. The topological polar surface area (TPSA) is 96.0 Å². The van der Waals surface area contributed by atoms with Gasteiger partial charge in [0.1, 0.15) is 17.6 Å². The van der Waals surface area contributed by atoms with Crippen molar-refractivity contribution in [3.05, 3.63) is 95.8 Å². The number of para-hydroxylation sites is 2. The first-order valence-electron chi connectivity index (χ1n) is 15.7. The molecule has 45 heavy (non-hydrogen) atoms. The maximum atomic E-state index is 14.9. The van der Waals surface area contributed by atoms with Crippen molar-refractivity contribution in [1.82, 2.24) is 10.2 Å². The Kier molecular flexibility index (Phi) is 12.4. The van der Waals surface area contributed by atoms with Gasteiger partial charge in [0.15, 0.2) is 0 Å². The molecule has 0 bridgehead atoms. The predicted octanol–water partition coefficient (Wildman–Crippen LogP) is 5.86. The van der Waals surface area contributed by atoms with Gasteiger partial charge in [0.05, 0.1) is 18.6 Å². The predicted molar refractivity (Wildman–Crippen MR) is 175 cm³/mol. The summed E-state index contributed by atoms with van der Waals surface area (Å²) >= 11 is 0. The summed E-state index contributed by atoms with van der Waals surface area (Å²) in [5.74, 6) is -0.652. The van der Waals surface area contributed by atoms with E-state index in [1.165, 1.54) is 15.3 Å². The lowest BCUT2D eigenvalue weighted by Gasteiger charge is -2.34. The Bertz CT molecular complexity index is 1510. The molecule has 8 nitrogen and oxygen atoms in total. The first kappa shape index (κ1) is 34.0. The smallest absolute Gasteiger partial charge is 0.243 e. The molecule has 1 fully saturated rings. The second-order valence-corrected chi connectivity index (χ2v) is 13.4. The van der Waals surface area contributed by atoms with E-state index in [0.717, 1.165) is 43.9 Å². The van der Waals surface area contributed by atoms with Crippen LogP contribution in [0.2, 0.25) is 0 Å². The van der Waals surface area contributed by atoms with Gasteiger partial charge in [0, 0.05) is 37.5 Å². The summed E-state index contributed by atoms with van der Waals surface area (Å²) in [6, 6.07) is 21.7. The van der Waals surface area contributed by atoms with Crippen LogP contribution in [0.15, 0.2) is 78.9 Å². The van der Waals surface area contributed by atoms with Crippen LogP contribution < -0.4 is 14.4 Å². The van der Waals surface area contributed by atoms with Gasteiger partial charge in [-0.3, -0.25) is 13.9 Å². The van der Waals surface area contributed by atoms with E-state index in [1.54, 1.807) is 42.5 Å². The first-order valence-corrected chi connectivity index (χ1v) is 17.6. The summed E-state index contributed by atoms with van der Waals surface area (Å²) in [6.45, 7) is 2.12. The van der Waals surface area contributed by atoms with E-state index in [9.17, 15) is 22.4 Å². The van der Waals surface area contributed by atoms with Gasteiger partial charge < -0.3 is 15.0 Å². The van der Waals surface area contributed by atoms with Gasteiger partial charge in [-0.2, -0.15) is 0 Å². The molecular weight excluding hydrogens is 593 g/mol. The molecule has 242 valence electrons. The molecule has 10 heteroatoms. The van der Waals surface area contributed by atoms with Crippen molar-refractivity contribution in [2.24, 2.45) is 0 Å². The molecule has 3 aromatic carbocycles. The third-order valence-corrected chi connectivity index (χ3v) is 9.29. The molecule has 1 aliphatic carbocycles. The van der Waals surface area contributed by atoms with E-state index >= 15 is 0 Å². The minimum atomic E-state index is -3.70. The largest absolute Gasteiger partial charge is 0.492 e. The van der Waals surface area contributed by atoms with Crippen molar-refractivity contribution in [2.45, 2.75) is 76.9 Å². The number of benzene rings is 3. The monoisotopic (exact) mass is 637 g/mol. The molecule has 0 aromatic heterocycles. The van der Waals surface area contributed by atoms with E-state index in [4.69, 9.17) is 4.74 Å². The van der Waals surface area contributed by atoms with Gasteiger partial charge in [-0.05, 0) is 49.9 Å². The molecular formula is C35H44FN3O5S. The van der Waals surface area contributed by atoms with E-state index in [1.807, 2.05) is 37.3 Å². The van der Waals surface area contributed by atoms with Crippen LogP contribution in [-0.4, -0.2) is 56.6 Å². The molecule has 1 atom stereocenters. The second kappa shape index (κ2) is 16.4. The highest BCUT2D eigenvalue weighted by Crippen LogP contribution is 2.30. The minimum Gasteiger partial charge on any atom is -0.492 e. The molecule has 0 heterocycles. The van der Waals surface area contributed by atoms with E-state index in [0.29, 0.717) is 23.6 Å². The fourth-order valence-electron chi connectivity index (χ4n) is 5.83. The van der Waals surface area contributed by atoms with Crippen molar-refractivity contribution >= 4 is 27.5 Å². The average molecular weight is 638 g/mol. The van der Waals surface area contributed by atoms with Gasteiger partial charge in [0.25, 0.3) is 0 Å². The highest BCUT2D eigenvalue weighted by Gasteiger charge is 2.32. The molecule has 1 N–H and O–H groups in total. The number of hydrogen-bond donors (Lipinski definition) is 1. The van der Waals surface area contributed by atoms with Crippen molar-refractivity contribution in [3.63, 3.8) is 0 Å². The van der Waals surface area contributed by atoms with Crippen LogP contribution in [0.25, 0.3) is 0 Å². The normalized spacial score (nSPS) is 14.4. The van der Waals surface area contributed by atoms with Crippen molar-refractivity contribution in [3.8, 4) is 5.75 Å². The van der Waals surface area contributed by atoms with Gasteiger partial charge >= 0.3 is 0 Å². The van der Waals surface area contributed by atoms with Crippen molar-refractivity contribution in [2.75, 3.05) is 23.7 Å². The van der Waals surface area contributed by atoms with Gasteiger partial charge in [-0.1, -0.05) is 79.9 Å². The average Bonchev–Trinajstić information content (AvgIpc) is 3.03. The Labute approximate surface area is 266 Å². The molecule has 0 aliphatic heterocycles. The van der Waals surface area contributed by atoms with E-state index < -0.39 is 21.9 Å². The number of nitrogens with zero attached hydrogens (tertiary/aromatic N) is 2. The quantitative estimate of drug-likeness (QED) is 0.225. The van der Waals surface area contributed by atoms with Crippen LogP contribution in [0, 0.1) is 5.82 Å². The third kappa shape index (κ3) is 9.78. The second-order valence-electron chi connectivity index (χ2n) is 11.5. The lowest BCUT2D eigenvalue weighted by molar-refractivity contribution is -0.141. The Hall–Kier alpha value is -3.92. The van der Waals surface area contributed by atoms with Crippen LogP contribution in [-0.2, 0) is 32.6 Å². The number of hydrogen-bond acceptors (Lipinski definition) is 5. The summed E-state index contributed by atoms with van der Waals surface area (Å²) in [5, 5.41) is 3.18. The Morgan fingerprint density at radius 1 is 0.956 bits per heavy atom. The summed E-state index contributed by atoms with van der Waals surface area (Å²) in [4.78, 5) is 29.5. The van der Waals surface area contributed by atoms with E-state index in [-0.39, 0.29) is 50.2 Å².